The zero-order chi connectivity index (χ0) is 27.6. The standard InChI is InChI=1S/C24H28N7O6P/c1-14-12-16(13-15(2)20(14)21(32)26-22(23(33)35-4)38(34,36-5)37-6)31-24(27-28-29-31)30(3)19-9-7-8-18-17(19)10-11-25-18/h7-13,22,25H,1-6H3,(H,26,32). The Hall–Kier alpha value is -4.06. The number of carbonyl (C=O) groups excluding carboxylic acids is 2. The number of esters is 1. The topological polar surface area (TPSA) is 154 Å². The highest BCUT2D eigenvalue weighted by Gasteiger charge is 2.42. The fourth-order valence-electron chi connectivity index (χ4n) is 4.31. The van der Waals surface area contributed by atoms with Gasteiger partial charge in [0.1, 0.15) is 0 Å². The second-order valence-electron chi connectivity index (χ2n) is 8.42. The van der Waals surface area contributed by atoms with Crippen molar-refractivity contribution in [3.8, 4) is 5.69 Å². The van der Waals surface area contributed by atoms with E-state index >= 15 is 0 Å². The zero-order valence-electron chi connectivity index (χ0n) is 21.8. The number of aromatic amines is 1. The summed E-state index contributed by atoms with van der Waals surface area (Å²) in [5.41, 5.74) is 3.92. The molecule has 1 unspecified atom stereocenters. The summed E-state index contributed by atoms with van der Waals surface area (Å²) in [4.78, 5) is 30.6. The monoisotopic (exact) mass is 541 g/mol. The van der Waals surface area contributed by atoms with Crippen LogP contribution in [0.5, 0.6) is 0 Å². The first kappa shape index (κ1) is 27.0. The third-order valence-electron chi connectivity index (χ3n) is 6.19. The first-order valence-electron chi connectivity index (χ1n) is 11.4. The van der Waals surface area contributed by atoms with E-state index < -0.39 is 25.3 Å². The molecule has 0 saturated carbocycles. The summed E-state index contributed by atoms with van der Waals surface area (Å²) in [5, 5.41) is 15.7. The first-order valence-corrected chi connectivity index (χ1v) is 13.1. The van der Waals surface area contributed by atoms with E-state index in [2.05, 4.69) is 25.8 Å². The number of rotatable bonds is 9. The van der Waals surface area contributed by atoms with Crippen molar-refractivity contribution in [2.24, 2.45) is 0 Å². The second-order valence-corrected chi connectivity index (χ2v) is 10.8. The molecule has 2 aromatic carbocycles. The lowest BCUT2D eigenvalue weighted by Crippen LogP contribution is -2.42. The summed E-state index contributed by atoms with van der Waals surface area (Å²) >= 11 is 0. The zero-order valence-corrected chi connectivity index (χ0v) is 22.6. The van der Waals surface area contributed by atoms with Gasteiger partial charge in [0.05, 0.1) is 18.5 Å². The van der Waals surface area contributed by atoms with Crippen LogP contribution in [-0.4, -0.2) is 71.2 Å². The smallest absolute Gasteiger partial charge is 0.363 e. The summed E-state index contributed by atoms with van der Waals surface area (Å²) in [6.07, 6.45) is 1.87. The summed E-state index contributed by atoms with van der Waals surface area (Å²) in [5.74, 6) is -2.80. The molecule has 0 spiro atoms. The van der Waals surface area contributed by atoms with Gasteiger partial charge in [-0.3, -0.25) is 9.36 Å². The summed E-state index contributed by atoms with van der Waals surface area (Å²) in [6.45, 7) is 3.47. The Morgan fingerprint density at radius 2 is 1.79 bits per heavy atom. The number of hydrogen-bond acceptors (Lipinski definition) is 10. The lowest BCUT2D eigenvalue weighted by atomic mass is 10.0. The SMILES string of the molecule is COC(=O)C(NC(=O)c1c(C)cc(-n2nnnc2N(C)c2cccc3[nH]ccc23)cc1C)P(=O)(OC)OC. The van der Waals surface area contributed by atoms with Gasteiger partial charge in [-0.25, -0.2) is 4.79 Å². The average molecular weight is 542 g/mol. The van der Waals surface area contributed by atoms with Gasteiger partial charge in [-0.2, -0.15) is 4.68 Å². The van der Waals surface area contributed by atoms with E-state index in [1.54, 1.807) is 30.7 Å². The van der Waals surface area contributed by atoms with Crippen LogP contribution in [0.15, 0.2) is 42.6 Å². The van der Waals surface area contributed by atoms with Crippen molar-refractivity contribution in [3.63, 3.8) is 0 Å². The number of hydrogen-bond donors (Lipinski definition) is 2. The molecule has 200 valence electrons. The Bertz CT molecular complexity index is 1520. The number of aryl methyl sites for hydroxylation is 2. The molecule has 1 amide bonds. The van der Waals surface area contributed by atoms with Crippen LogP contribution in [0, 0.1) is 13.8 Å². The van der Waals surface area contributed by atoms with Gasteiger partial charge in [-0.05, 0) is 65.7 Å². The normalized spacial score (nSPS) is 12.4. The van der Waals surface area contributed by atoms with Crippen molar-refractivity contribution in [1.29, 1.82) is 0 Å². The quantitative estimate of drug-likeness (QED) is 0.238. The number of amides is 1. The molecule has 13 nitrogen and oxygen atoms in total. The Morgan fingerprint density at radius 1 is 1.11 bits per heavy atom. The summed E-state index contributed by atoms with van der Waals surface area (Å²) in [6, 6.07) is 11.3. The van der Waals surface area contributed by atoms with Crippen LogP contribution >= 0.6 is 7.60 Å². The minimum absolute atomic E-state index is 0.279. The van der Waals surface area contributed by atoms with Crippen molar-refractivity contribution in [3.05, 3.63) is 59.3 Å². The van der Waals surface area contributed by atoms with Gasteiger partial charge in [0.15, 0.2) is 0 Å². The molecule has 0 fully saturated rings. The molecule has 2 N–H and O–H groups in total. The third kappa shape index (κ3) is 4.78. The highest BCUT2D eigenvalue weighted by atomic mass is 31.2. The van der Waals surface area contributed by atoms with Gasteiger partial charge in [0, 0.05) is 43.9 Å². The van der Waals surface area contributed by atoms with E-state index in [1.807, 2.05) is 42.4 Å². The van der Waals surface area contributed by atoms with E-state index in [9.17, 15) is 14.2 Å². The minimum Gasteiger partial charge on any atom is -0.467 e. The van der Waals surface area contributed by atoms with Crippen molar-refractivity contribution < 1.29 is 27.9 Å². The number of carbonyl (C=O) groups is 2. The van der Waals surface area contributed by atoms with Crippen LogP contribution in [0.1, 0.15) is 21.5 Å². The molecule has 0 radical (unpaired) electrons. The maximum absolute atomic E-state index is 13.2. The molecule has 0 bridgehead atoms. The van der Waals surface area contributed by atoms with Crippen LogP contribution in [0.25, 0.3) is 16.6 Å². The molecule has 4 aromatic rings. The Morgan fingerprint density at radius 3 is 2.42 bits per heavy atom. The number of methoxy groups -OCH3 is 1. The molecular formula is C24H28N7O6P. The minimum atomic E-state index is -4.02. The van der Waals surface area contributed by atoms with Gasteiger partial charge in [-0.1, -0.05) is 11.2 Å². The van der Waals surface area contributed by atoms with Gasteiger partial charge in [0.25, 0.3) is 11.9 Å². The second kappa shape index (κ2) is 10.7. The van der Waals surface area contributed by atoms with E-state index in [4.69, 9.17) is 13.8 Å². The molecule has 0 saturated heterocycles. The summed E-state index contributed by atoms with van der Waals surface area (Å²) < 4.78 is 29.0. The van der Waals surface area contributed by atoms with E-state index in [0.717, 1.165) is 37.9 Å². The van der Waals surface area contributed by atoms with Crippen molar-refractivity contribution >= 4 is 42.0 Å². The van der Waals surface area contributed by atoms with Crippen LogP contribution in [0.4, 0.5) is 11.6 Å². The number of aromatic nitrogens is 5. The van der Waals surface area contributed by atoms with Crippen molar-refractivity contribution in [2.45, 2.75) is 19.6 Å². The predicted octanol–water partition coefficient (Wildman–Crippen LogP) is 3.24. The average Bonchev–Trinajstić information content (AvgIpc) is 3.60. The van der Waals surface area contributed by atoms with E-state index in [0.29, 0.717) is 22.8 Å². The molecule has 0 aliphatic rings. The molecule has 0 aliphatic carbocycles. The number of tetrazole rings is 1. The summed E-state index contributed by atoms with van der Waals surface area (Å²) in [7, 11) is 1.19. The third-order valence-corrected chi connectivity index (χ3v) is 8.18. The maximum Gasteiger partial charge on any atom is 0.363 e. The number of fused-ring (bicyclic) bond motifs is 1. The maximum atomic E-state index is 13.2. The van der Waals surface area contributed by atoms with Crippen LogP contribution < -0.4 is 10.2 Å². The molecular weight excluding hydrogens is 513 g/mol. The number of H-pyrrole nitrogens is 1. The van der Waals surface area contributed by atoms with Crippen LogP contribution in [-0.2, 0) is 23.1 Å². The fourth-order valence-corrected chi connectivity index (χ4v) is 5.52. The fraction of sp³-hybridized carbons (Fsp3) is 0.292. The number of benzene rings is 2. The van der Waals surface area contributed by atoms with E-state index in [1.165, 1.54) is 0 Å². The molecule has 2 aromatic heterocycles. The highest BCUT2D eigenvalue weighted by molar-refractivity contribution is 7.55. The van der Waals surface area contributed by atoms with Gasteiger partial charge >= 0.3 is 13.6 Å². The Kier molecular flexibility index (Phi) is 7.63. The number of nitrogens with one attached hydrogen (secondary N) is 2. The Balaban J connectivity index is 1.68. The molecule has 38 heavy (non-hydrogen) atoms. The van der Waals surface area contributed by atoms with Crippen molar-refractivity contribution in [1.82, 2.24) is 30.5 Å². The van der Waals surface area contributed by atoms with Crippen molar-refractivity contribution in [2.75, 3.05) is 33.3 Å². The largest absolute Gasteiger partial charge is 0.467 e. The molecule has 4 rings (SSSR count). The Labute approximate surface area is 218 Å². The van der Waals surface area contributed by atoms with Gasteiger partial charge < -0.3 is 29.0 Å². The lowest BCUT2D eigenvalue weighted by Gasteiger charge is -2.24. The molecule has 1 atom stereocenters. The van der Waals surface area contributed by atoms with Crippen LogP contribution in [0.2, 0.25) is 0 Å². The van der Waals surface area contributed by atoms with Gasteiger partial charge in [0.2, 0.25) is 5.78 Å². The van der Waals surface area contributed by atoms with Gasteiger partial charge in [-0.15, -0.1) is 0 Å². The molecule has 2 heterocycles. The number of ether oxygens (including phenoxy) is 1. The van der Waals surface area contributed by atoms with Crippen LogP contribution in [0.3, 0.4) is 0 Å². The van der Waals surface area contributed by atoms with E-state index in [-0.39, 0.29) is 5.56 Å². The predicted molar refractivity (Wildman–Crippen MR) is 140 cm³/mol. The number of nitrogens with zero attached hydrogens (tertiary/aromatic N) is 5. The highest BCUT2D eigenvalue weighted by Crippen LogP contribution is 2.51. The molecule has 0 aliphatic heterocycles. The molecule has 14 heteroatoms. The lowest BCUT2D eigenvalue weighted by molar-refractivity contribution is -0.141. The number of anilines is 2. The first-order chi connectivity index (χ1) is 18.1.